The Morgan fingerprint density at radius 2 is 2.53 bits per heavy atom. The zero-order valence-electron chi connectivity index (χ0n) is 8.43. The van der Waals surface area contributed by atoms with E-state index >= 15 is 0 Å². The Labute approximate surface area is 87.3 Å². The van der Waals surface area contributed by atoms with E-state index in [1.54, 1.807) is 6.92 Å². The molecule has 80 valence electrons. The van der Waals surface area contributed by atoms with E-state index in [0.717, 1.165) is 0 Å². The van der Waals surface area contributed by atoms with Gasteiger partial charge in [-0.05, 0) is 6.92 Å². The molecule has 1 rings (SSSR count). The van der Waals surface area contributed by atoms with Crippen LogP contribution in [-0.4, -0.2) is 22.1 Å². The first-order chi connectivity index (χ1) is 7.19. The van der Waals surface area contributed by atoms with E-state index < -0.39 is 0 Å². The molecule has 0 bridgehead atoms. The number of aromatic nitrogens is 2. The third-order valence-corrected chi connectivity index (χ3v) is 1.83. The molecule has 6 heteroatoms. The molecule has 0 spiro atoms. The molecule has 0 aliphatic carbocycles. The Bertz CT molecular complexity index is 391. The Hall–Kier alpha value is -2.03. The number of nitrogens with two attached hydrogens (primary N) is 1. The van der Waals surface area contributed by atoms with Gasteiger partial charge in [0.1, 0.15) is 6.07 Å². The second kappa shape index (κ2) is 5.00. The zero-order valence-corrected chi connectivity index (χ0v) is 8.43. The minimum atomic E-state index is -0.298. The van der Waals surface area contributed by atoms with Gasteiger partial charge < -0.3 is 15.0 Å². The quantitative estimate of drug-likeness (QED) is 0.717. The van der Waals surface area contributed by atoms with E-state index in [1.807, 2.05) is 6.07 Å². The lowest BCUT2D eigenvalue weighted by Gasteiger charge is -2.03. The number of carbonyl (C=O) groups is 1. The lowest BCUT2D eigenvalue weighted by atomic mass is 10.4. The highest BCUT2D eigenvalue weighted by atomic mass is 16.5. The van der Waals surface area contributed by atoms with E-state index in [9.17, 15) is 4.79 Å². The number of carbonyl (C=O) groups excluding carboxylic acids is 1. The van der Waals surface area contributed by atoms with Crippen LogP contribution in [0.3, 0.4) is 0 Å². The topological polar surface area (TPSA) is 93.9 Å². The molecule has 0 unspecified atom stereocenters. The van der Waals surface area contributed by atoms with Crippen LogP contribution in [-0.2, 0) is 16.1 Å². The van der Waals surface area contributed by atoms with Gasteiger partial charge in [0.25, 0.3) is 0 Å². The van der Waals surface area contributed by atoms with Gasteiger partial charge in [0, 0.05) is 6.54 Å². The first kappa shape index (κ1) is 11.0. The summed E-state index contributed by atoms with van der Waals surface area (Å²) in [5.41, 5.74) is 5.72. The monoisotopic (exact) mass is 208 g/mol. The van der Waals surface area contributed by atoms with E-state index in [1.165, 1.54) is 10.9 Å². The van der Waals surface area contributed by atoms with Gasteiger partial charge in [0.2, 0.25) is 0 Å². The van der Waals surface area contributed by atoms with Crippen molar-refractivity contribution in [2.75, 3.05) is 12.3 Å². The molecule has 15 heavy (non-hydrogen) atoms. The average Bonchev–Trinajstić information content (AvgIpc) is 2.56. The maximum Gasteiger partial charge on any atom is 0.307 e. The number of nitriles is 1. The van der Waals surface area contributed by atoms with Gasteiger partial charge in [-0.3, -0.25) is 4.79 Å². The van der Waals surface area contributed by atoms with Crippen molar-refractivity contribution in [2.24, 2.45) is 0 Å². The normalized spacial score (nSPS) is 9.60. The van der Waals surface area contributed by atoms with Crippen LogP contribution in [0.1, 0.15) is 19.0 Å². The molecule has 2 N–H and O–H groups in total. The number of nitrogen functional groups attached to an aromatic ring is 1. The van der Waals surface area contributed by atoms with Crippen LogP contribution >= 0.6 is 0 Å². The summed E-state index contributed by atoms with van der Waals surface area (Å²) in [6, 6.07) is 1.92. The molecule has 6 nitrogen and oxygen atoms in total. The fraction of sp³-hybridized carbons (Fsp3) is 0.444. The summed E-state index contributed by atoms with van der Waals surface area (Å²) in [7, 11) is 0. The molecule has 1 heterocycles. The molecular weight excluding hydrogens is 196 g/mol. The predicted molar refractivity (Wildman–Crippen MR) is 52.6 cm³/mol. The summed E-state index contributed by atoms with van der Waals surface area (Å²) in [6.45, 7) is 2.45. The lowest BCUT2D eigenvalue weighted by Crippen LogP contribution is -2.09. The highest BCUT2D eigenvalue weighted by Crippen LogP contribution is 2.08. The molecular formula is C9H12N4O2. The van der Waals surface area contributed by atoms with Crippen molar-refractivity contribution in [2.45, 2.75) is 19.9 Å². The number of anilines is 1. The fourth-order valence-corrected chi connectivity index (χ4v) is 1.13. The Morgan fingerprint density at radius 3 is 3.13 bits per heavy atom. The summed E-state index contributed by atoms with van der Waals surface area (Å²) in [6.07, 6.45) is 1.64. The molecule has 0 saturated carbocycles. The number of rotatable bonds is 4. The first-order valence-electron chi connectivity index (χ1n) is 4.55. The average molecular weight is 208 g/mol. The number of esters is 1. The minimum absolute atomic E-state index is 0.182. The number of nitrogens with zero attached hydrogens (tertiary/aromatic N) is 3. The van der Waals surface area contributed by atoms with Crippen LogP contribution in [0.2, 0.25) is 0 Å². The lowest BCUT2D eigenvalue weighted by molar-refractivity contribution is -0.143. The molecule has 0 saturated heterocycles. The van der Waals surface area contributed by atoms with Crippen LogP contribution in [0.25, 0.3) is 0 Å². The predicted octanol–water partition coefficient (Wildman–Crippen LogP) is 0.290. The fourth-order valence-electron chi connectivity index (χ4n) is 1.13. The largest absolute Gasteiger partial charge is 0.466 e. The van der Waals surface area contributed by atoms with Gasteiger partial charge in [-0.2, -0.15) is 5.26 Å². The maximum absolute atomic E-state index is 11.1. The van der Waals surface area contributed by atoms with Crippen molar-refractivity contribution >= 4 is 11.8 Å². The Kier molecular flexibility index (Phi) is 3.68. The number of aryl methyl sites for hydroxylation is 1. The van der Waals surface area contributed by atoms with Gasteiger partial charge in [-0.25, -0.2) is 4.98 Å². The van der Waals surface area contributed by atoms with Gasteiger partial charge in [-0.1, -0.05) is 0 Å². The molecule has 0 amide bonds. The Morgan fingerprint density at radius 1 is 1.80 bits per heavy atom. The van der Waals surface area contributed by atoms with Gasteiger partial charge in [-0.15, -0.1) is 0 Å². The van der Waals surface area contributed by atoms with Crippen molar-refractivity contribution in [1.29, 1.82) is 5.26 Å². The van der Waals surface area contributed by atoms with Crippen molar-refractivity contribution in [1.82, 2.24) is 9.55 Å². The molecule has 0 aliphatic rings. The van der Waals surface area contributed by atoms with Crippen molar-refractivity contribution < 1.29 is 9.53 Å². The van der Waals surface area contributed by atoms with E-state index in [-0.39, 0.29) is 23.9 Å². The molecule has 0 atom stereocenters. The number of ether oxygens (including phenoxy) is 1. The number of imidazole rings is 1. The van der Waals surface area contributed by atoms with Crippen molar-refractivity contribution in [3.63, 3.8) is 0 Å². The van der Waals surface area contributed by atoms with Crippen LogP contribution in [0, 0.1) is 11.3 Å². The zero-order chi connectivity index (χ0) is 11.3. The highest BCUT2D eigenvalue weighted by Gasteiger charge is 2.09. The molecule has 1 aromatic rings. The van der Waals surface area contributed by atoms with E-state index in [2.05, 4.69) is 4.98 Å². The second-order valence-corrected chi connectivity index (χ2v) is 2.84. The van der Waals surface area contributed by atoms with Crippen LogP contribution in [0.5, 0.6) is 0 Å². The van der Waals surface area contributed by atoms with Crippen LogP contribution in [0.4, 0.5) is 5.82 Å². The van der Waals surface area contributed by atoms with Crippen molar-refractivity contribution in [3.05, 3.63) is 12.0 Å². The number of hydrogen-bond acceptors (Lipinski definition) is 5. The number of hydrogen-bond donors (Lipinski definition) is 1. The highest BCUT2D eigenvalue weighted by molar-refractivity contribution is 5.69. The summed E-state index contributed by atoms with van der Waals surface area (Å²) >= 11 is 0. The van der Waals surface area contributed by atoms with Gasteiger partial charge >= 0.3 is 5.97 Å². The maximum atomic E-state index is 11.1. The summed E-state index contributed by atoms with van der Waals surface area (Å²) in [5, 5.41) is 8.75. The van der Waals surface area contributed by atoms with E-state index in [0.29, 0.717) is 13.2 Å². The van der Waals surface area contributed by atoms with Gasteiger partial charge in [0.15, 0.2) is 11.5 Å². The van der Waals surface area contributed by atoms with Gasteiger partial charge in [0.05, 0.1) is 19.4 Å². The molecule has 0 aliphatic heterocycles. The minimum Gasteiger partial charge on any atom is -0.466 e. The van der Waals surface area contributed by atoms with Crippen LogP contribution < -0.4 is 5.73 Å². The second-order valence-electron chi connectivity index (χ2n) is 2.84. The molecule has 1 aromatic heterocycles. The summed E-state index contributed by atoms with van der Waals surface area (Å²) < 4.78 is 6.29. The van der Waals surface area contributed by atoms with Crippen LogP contribution in [0.15, 0.2) is 6.33 Å². The Balaban J connectivity index is 2.58. The standard InChI is InChI=1S/C9H12N4O2/c1-2-15-8(14)3-4-13-6-12-9(11)7(13)5-10/h6H,2-4,11H2,1H3. The summed E-state index contributed by atoms with van der Waals surface area (Å²) in [4.78, 5) is 14.8. The smallest absolute Gasteiger partial charge is 0.307 e. The van der Waals surface area contributed by atoms with E-state index in [4.69, 9.17) is 15.7 Å². The van der Waals surface area contributed by atoms with Crippen molar-refractivity contribution in [3.8, 4) is 6.07 Å². The molecule has 0 fully saturated rings. The third-order valence-electron chi connectivity index (χ3n) is 1.83. The molecule has 0 aromatic carbocycles. The first-order valence-corrected chi connectivity index (χ1v) is 4.55. The molecule has 0 radical (unpaired) electrons. The SMILES string of the molecule is CCOC(=O)CCn1cnc(N)c1C#N. The third kappa shape index (κ3) is 2.71. The summed E-state index contributed by atoms with van der Waals surface area (Å²) in [5.74, 6) is -0.116.